The average Bonchev–Trinajstić information content (AvgIpc) is 4.02. The molecule has 62 heavy (non-hydrogen) atoms. The molecular formula is C60H44O2. The molecule has 2 heterocycles. The summed E-state index contributed by atoms with van der Waals surface area (Å²) >= 11 is 0. The van der Waals surface area contributed by atoms with E-state index < -0.39 is 0 Å². The standard InChI is InChI=1S/C60H44O2/c1-59(2)47-33-45(39-27-23-37(24-28-39)35-15-7-5-8-16-35)51-41-19-11-13-21-49(41)61-57(51)53(47)43-31-32-44-54-48(60(3,4)56(44)55(43)59)34-46(52-42-20-12-14-22-50(42)62-58(52)54)40-29-25-38(26-30-40)36-17-9-6-10-18-36/h5,7-9,11-34H,6,10H2,1-4H3. The molecule has 10 aromatic rings. The molecule has 0 atom stereocenters. The van der Waals surface area contributed by atoms with Crippen molar-refractivity contribution in [2.24, 2.45) is 0 Å². The van der Waals surface area contributed by atoms with Gasteiger partial charge in [0.25, 0.3) is 0 Å². The maximum atomic E-state index is 7.02. The lowest BCUT2D eigenvalue weighted by atomic mass is 9.72. The number of hydrogen-bond donors (Lipinski definition) is 0. The molecule has 0 unspecified atom stereocenters. The van der Waals surface area contributed by atoms with Gasteiger partial charge in [-0.1, -0.05) is 173 Å². The molecule has 8 aromatic carbocycles. The maximum absolute atomic E-state index is 7.02. The highest BCUT2D eigenvalue weighted by atomic mass is 16.3. The third kappa shape index (κ3) is 4.81. The maximum Gasteiger partial charge on any atom is 0.144 e. The van der Waals surface area contributed by atoms with Crippen LogP contribution >= 0.6 is 0 Å². The normalized spacial score (nSPS) is 15.6. The zero-order chi connectivity index (χ0) is 41.5. The molecule has 0 amide bonds. The predicted molar refractivity (Wildman–Crippen MR) is 259 cm³/mol. The Labute approximate surface area is 361 Å². The van der Waals surface area contributed by atoms with Crippen LogP contribution in [-0.4, -0.2) is 0 Å². The zero-order valence-electron chi connectivity index (χ0n) is 35.4. The van der Waals surface area contributed by atoms with Crippen molar-refractivity contribution in [2.75, 3.05) is 0 Å². The van der Waals surface area contributed by atoms with Crippen molar-refractivity contribution < 1.29 is 8.83 Å². The first-order chi connectivity index (χ1) is 30.3. The van der Waals surface area contributed by atoms with E-state index in [1.54, 1.807) is 0 Å². The van der Waals surface area contributed by atoms with Gasteiger partial charge in [-0.3, -0.25) is 0 Å². The largest absolute Gasteiger partial charge is 0.455 e. The highest BCUT2D eigenvalue weighted by Gasteiger charge is 2.48. The number of benzene rings is 8. The van der Waals surface area contributed by atoms with Crippen LogP contribution < -0.4 is 0 Å². The van der Waals surface area contributed by atoms with E-state index in [1.165, 1.54) is 99.8 Å². The first kappa shape index (κ1) is 35.6. The second-order valence-electron chi connectivity index (χ2n) is 18.6. The monoisotopic (exact) mass is 796 g/mol. The van der Waals surface area contributed by atoms with E-state index in [2.05, 4.69) is 198 Å². The van der Waals surface area contributed by atoms with E-state index in [0.29, 0.717) is 0 Å². The van der Waals surface area contributed by atoms with Crippen LogP contribution in [0.3, 0.4) is 0 Å². The molecule has 0 spiro atoms. The van der Waals surface area contributed by atoms with Gasteiger partial charge in [-0.25, -0.2) is 0 Å². The van der Waals surface area contributed by atoms with Gasteiger partial charge in [-0.15, -0.1) is 0 Å². The summed E-state index contributed by atoms with van der Waals surface area (Å²) in [7, 11) is 0. The highest BCUT2D eigenvalue weighted by molar-refractivity contribution is 6.20. The number of rotatable bonds is 4. The van der Waals surface area contributed by atoms with Crippen molar-refractivity contribution in [3.8, 4) is 55.6 Å². The van der Waals surface area contributed by atoms with E-state index in [1.807, 2.05) is 0 Å². The minimum Gasteiger partial charge on any atom is -0.455 e. The molecule has 2 aromatic heterocycles. The SMILES string of the molecule is CC1(C)c2cc(-c3ccc(C4=CCCC=C4)cc3)c3c(oc4ccccc43)c2-c2ccc3c(c21)C(C)(C)c1cc(-c2ccc(-c4ccccc4)cc2)c2c(oc4ccccc42)c1-3. The Morgan fingerprint density at radius 3 is 1.37 bits per heavy atom. The van der Waals surface area contributed by atoms with Gasteiger partial charge in [0.2, 0.25) is 0 Å². The minimum absolute atomic E-state index is 0.321. The Hall–Kier alpha value is -7.16. The molecule has 2 heteroatoms. The van der Waals surface area contributed by atoms with Crippen molar-refractivity contribution in [1.82, 2.24) is 0 Å². The van der Waals surface area contributed by atoms with Crippen LogP contribution in [0.1, 0.15) is 68.4 Å². The Morgan fingerprint density at radius 1 is 0.419 bits per heavy atom. The predicted octanol–water partition coefficient (Wildman–Crippen LogP) is 16.8. The van der Waals surface area contributed by atoms with E-state index in [0.717, 1.165) is 45.9 Å². The van der Waals surface area contributed by atoms with Crippen molar-refractivity contribution in [3.05, 3.63) is 198 Å². The number of allylic oxidation sites excluding steroid dienone is 4. The van der Waals surface area contributed by atoms with Gasteiger partial charge in [0, 0.05) is 43.5 Å². The van der Waals surface area contributed by atoms with Crippen molar-refractivity contribution in [2.45, 2.75) is 51.4 Å². The van der Waals surface area contributed by atoms with Crippen LogP contribution in [0.2, 0.25) is 0 Å². The molecule has 0 saturated heterocycles. The van der Waals surface area contributed by atoms with Crippen molar-refractivity contribution >= 4 is 49.5 Å². The fourth-order valence-corrected chi connectivity index (χ4v) is 11.5. The van der Waals surface area contributed by atoms with Crippen LogP contribution in [0.15, 0.2) is 179 Å². The molecule has 0 N–H and O–H groups in total. The summed E-state index contributed by atoms with van der Waals surface area (Å²) in [6.45, 7) is 9.70. The zero-order valence-corrected chi connectivity index (χ0v) is 35.4. The Kier molecular flexibility index (Phi) is 7.28. The smallest absolute Gasteiger partial charge is 0.144 e. The summed E-state index contributed by atoms with van der Waals surface area (Å²) < 4.78 is 14.0. The molecular weight excluding hydrogens is 753 g/mol. The van der Waals surface area contributed by atoms with Crippen LogP contribution in [0.25, 0.3) is 105 Å². The Morgan fingerprint density at radius 2 is 0.871 bits per heavy atom. The second-order valence-corrected chi connectivity index (χ2v) is 18.6. The lowest BCUT2D eigenvalue weighted by Crippen LogP contribution is -2.24. The van der Waals surface area contributed by atoms with Gasteiger partial charge < -0.3 is 8.83 Å². The lowest BCUT2D eigenvalue weighted by molar-refractivity contribution is 0.600. The van der Waals surface area contributed by atoms with E-state index >= 15 is 0 Å². The van der Waals surface area contributed by atoms with E-state index in [-0.39, 0.29) is 10.8 Å². The molecule has 2 nitrogen and oxygen atoms in total. The number of para-hydroxylation sites is 2. The minimum atomic E-state index is -0.324. The topological polar surface area (TPSA) is 26.3 Å². The van der Waals surface area contributed by atoms with Gasteiger partial charge in [-0.2, -0.15) is 0 Å². The summed E-state index contributed by atoms with van der Waals surface area (Å²) in [5.41, 5.74) is 23.3. The molecule has 0 bridgehead atoms. The molecule has 0 aliphatic heterocycles. The Balaban J connectivity index is 1.03. The Bertz CT molecular complexity index is 3580. The summed E-state index contributed by atoms with van der Waals surface area (Å²) in [5, 5.41) is 4.66. The number of furan rings is 2. The second kappa shape index (κ2) is 12.7. The molecule has 0 fully saturated rings. The summed E-state index contributed by atoms with van der Waals surface area (Å²) in [6, 6.07) is 55.7. The first-order valence-corrected chi connectivity index (χ1v) is 22.1. The quantitative estimate of drug-likeness (QED) is 0.177. The van der Waals surface area contributed by atoms with Crippen molar-refractivity contribution in [1.29, 1.82) is 0 Å². The van der Waals surface area contributed by atoms with Crippen LogP contribution in [-0.2, 0) is 10.8 Å². The van der Waals surface area contributed by atoms with Crippen LogP contribution in [0.5, 0.6) is 0 Å². The summed E-state index contributed by atoms with van der Waals surface area (Å²) in [5.74, 6) is 0. The van der Waals surface area contributed by atoms with Gasteiger partial charge >= 0.3 is 0 Å². The highest BCUT2D eigenvalue weighted by Crippen LogP contribution is 2.63. The fraction of sp³-hybridized carbons (Fsp3) is 0.133. The number of fused-ring (bicyclic) bond motifs is 15. The summed E-state index contributed by atoms with van der Waals surface area (Å²) in [6.07, 6.45) is 9.10. The third-order valence-corrected chi connectivity index (χ3v) is 14.5. The molecule has 0 radical (unpaired) electrons. The molecule has 13 rings (SSSR count). The fourth-order valence-electron chi connectivity index (χ4n) is 11.5. The third-order valence-electron chi connectivity index (χ3n) is 14.5. The first-order valence-electron chi connectivity index (χ1n) is 22.1. The molecule has 3 aliphatic rings. The van der Waals surface area contributed by atoms with Gasteiger partial charge in [-0.05, 0) is 115 Å². The van der Waals surface area contributed by atoms with Crippen LogP contribution in [0.4, 0.5) is 0 Å². The van der Waals surface area contributed by atoms with Gasteiger partial charge in [0.1, 0.15) is 22.3 Å². The van der Waals surface area contributed by atoms with Gasteiger partial charge in [0.05, 0.1) is 0 Å². The van der Waals surface area contributed by atoms with Crippen LogP contribution in [0, 0.1) is 0 Å². The molecule has 3 aliphatic carbocycles. The molecule has 296 valence electrons. The van der Waals surface area contributed by atoms with Crippen molar-refractivity contribution in [3.63, 3.8) is 0 Å². The average molecular weight is 797 g/mol. The van der Waals surface area contributed by atoms with E-state index in [9.17, 15) is 0 Å². The number of hydrogen-bond acceptors (Lipinski definition) is 2. The molecule has 0 saturated carbocycles. The van der Waals surface area contributed by atoms with E-state index in [4.69, 9.17) is 8.83 Å². The lowest BCUT2D eigenvalue weighted by Gasteiger charge is -2.31. The van der Waals surface area contributed by atoms with Gasteiger partial charge in [0.15, 0.2) is 0 Å². The summed E-state index contributed by atoms with van der Waals surface area (Å²) in [4.78, 5) is 0.